The van der Waals surface area contributed by atoms with Crippen LogP contribution < -0.4 is 20.5 Å². The Morgan fingerprint density at radius 3 is 2.87 bits per heavy atom. The number of carbonyl (C=O) groups is 1. The van der Waals surface area contributed by atoms with Crippen LogP contribution in [-0.2, 0) is 11.3 Å². The number of imidazole rings is 1. The molecule has 1 aliphatic rings. The molecule has 0 fully saturated rings. The normalized spacial score (nSPS) is 12.7. The van der Waals surface area contributed by atoms with Crippen LogP contribution >= 0.6 is 34.4 Å². The summed E-state index contributed by atoms with van der Waals surface area (Å²) in [4.78, 5) is 25.9. The summed E-state index contributed by atoms with van der Waals surface area (Å²) in [5.41, 5.74) is 7.28. The Hall–Kier alpha value is -2.28. The van der Waals surface area contributed by atoms with Gasteiger partial charge in [-0.3, -0.25) is 4.79 Å². The monoisotopic (exact) mass is 540 g/mol. The zero-order valence-electron chi connectivity index (χ0n) is 16.5. The summed E-state index contributed by atoms with van der Waals surface area (Å²) in [6.45, 7) is 5.18. The maximum absolute atomic E-state index is 11.8. The molecule has 0 aliphatic carbocycles. The molecule has 1 aliphatic heterocycles. The third kappa shape index (κ3) is 4.26. The van der Waals surface area contributed by atoms with Gasteiger partial charge in [0.15, 0.2) is 33.6 Å². The number of ether oxygens (including phenoxy) is 2. The van der Waals surface area contributed by atoms with Crippen molar-refractivity contribution in [1.29, 1.82) is 0 Å². The number of nitrogens with zero attached hydrogens (tertiary/aromatic N) is 4. The average Bonchev–Trinajstić information content (AvgIpc) is 3.30. The summed E-state index contributed by atoms with van der Waals surface area (Å²) in [5, 5.41) is 3.70. The molecule has 0 radical (unpaired) electrons. The van der Waals surface area contributed by atoms with Gasteiger partial charge in [-0.05, 0) is 41.1 Å². The fourth-order valence-corrected chi connectivity index (χ4v) is 4.65. The molecule has 0 atom stereocenters. The Bertz CT molecular complexity index is 1100. The molecule has 0 bridgehead atoms. The molecule has 1 aromatic carbocycles. The molecule has 158 valence electrons. The number of nitrogens with two attached hydrogens (primary N) is 1. The van der Waals surface area contributed by atoms with E-state index in [-0.39, 0.29) is 18.6 Å². The number of fused-ring (bicyclic) bond motifs is 2. The van der Waals surface area contributed by atoms with Crippen molar-refractivity contribution in [1.82, 2.24) is 24.8 Å². The van der Waals surface area contributed by atoms with Gasteiger partial charge in [0.25, 0.3) is 0 Å². The highest BCUT2D eigenvalue weighted by molar-refractivity contribution is 14.1. The van der Waals surface area contributed by atoms with E-state index in [1.165, 1.54) is 18.1 Å². The average molecular weight is 540 g/mol. The summed E-state index contributed by atoms with van der Waals surface area (Å²) >= 11 is 3.78. The molecule has 0 saturated heterocycles. The van der Waals surface area contributed by atoms with E-state index in [2.05, 4.69) is 37.9 Å². The Labute approximate surface area is 191 Å². The standard InChI is InChI=1S/C19H21IN6O3S/c1-10(2)18(27)22-4-3-5-26-17-15(16(21)23-8-24-17)25-19(26)30-14-7-13-12(6-11(14)20)28-9-29-13/h6-8,10H,3-5,9H2,1-2H3,(H,22,27)(H2,21,23,24). The van der Waals surface area contributed by atoms with E-state index in [0.29, 0.717) is 30.1 Å². The SMILES string of the molecule is CC(C)C(=O)NCCCn1c(Sc2cc3c(cc2I)OCO3)nc2c(N)ncnc21. The lowest BCUT2D eigenvalue weighted by Gasteiger charge is -2.11. The maximum Gasteiger partial charge on any atom is 0.231 e. The molecule has 4 rings (SSSR count). The van der Waals surface area contributed by atoms with Gasteiger partial charge in [0.1, 0.15) is 6.33 Å². The first kappa shape index (κ1) is 21.0. The second-order valence-corrected chi connectivity index (χ2v) is 9.19. The smallest absolute Gasteiger partial charge is 0.231 e. The van der Waals surface area contributed by atoms with Crippen LogP contribution in [0.1, 0.15) is 20.3 Å². The van der Waals surface area contributed by atoms with E-state index in [9.17, 15) is 4.79 Å². The van der Waals surface area contributed by atoms with E-state index in [0.717, 1.165) is 31.5 Å². The van der Waals surface area contributed by atoms with Crippen molar-refractivity contribution in [2.75, 3.05) is 19.1 Å². The predicted octanol–water partition coefficient (Wildman–Crippen LogP) is 3.06. The number of halogens is 1. The van der Waals surface area contributed by atoms with E-state index < -0.39 is 0 Å². The summed E-state index contributed by atoms with van der Waals surface area (Å²) in [7, 11) is 0. The van der Waals surface area contributed by atoms with Crippen molar-refractivity contribution in [2.24, 2.45) is 5.92 Å². The summed E-state index contributed by atoms with van der Waals surface area (Å²) < 4.78 is 14.0. The van der Waals surface area contributed by atoms with Crippen molar-refractivity contribution >= 4 is 57.2 Å². The highest BCUT2D eigenvalue weighted by atomic mass is 127. The number of nitrogen functional groups attached to an aromatic ring is 1. The van der Waals surface area contributed by atoms with Crippen molar-refractivity contribution in [3.05, 3.63) is 22.0 Å². The Morgan fingerprint density at radius 2 is 2.10 bits per heavy atom. The summed E-state index contributed by atoms with van der Waals surface area (Å²) in [6.07, 6.45) is 2.18. The number of anilines is 1. The first-order valence-electron chi connectivity index (χ1n) is 9.45. The number of amides is 1. The van der Waals surface area contributed by atoms with Crippen molar-refractivity contribution in [3.8, 4) is 11.5 Å². The molecule has 1 amide bonds. The summed E-state index contributed by atoms with van der Waals surface area (Å²) in [6, 6.07) is 3.91. The molecule has 9 nitrogen and oxygen atoms in total. The quantitative estimate of drug-likeness (QED) is 0.347. The minimum absolute atomic E-state index is 0.0363. The number of rotatable bonds is 7. The molecule has 3 heterocycles. The number of hydrogen-bond acceptors (Lipinski definition) is 8. The number of aromatic nitrogens is 4. The Balaban J connectivity index is 1.60. The molecule has 0 unspecified atom stereocenters. The predicted molar refractivity (Wildman–Crippen MR) is 122 cm³/mol. The van der Waals surface area contributed by atoms with Gasteiger partial charge < -0.3 is 25.1 Å². The van der Waals surface area contributed by atoms with Crippen molar-refractivity contribution in [3.63, 3.8) is 0 Å². The van der Waals surface area contributed by atoms with Crippen molar-refractivity contribution < 1.29 is 14.3 Å². The lowest BCUT2D eigenvalue weighted by Crippen LogP contribution is -2.29. The number of carbonyl (C=O) groups excluding carboxylic acids is 1. The van der Waals surface area contributed by atoms with Gasteiger partial charge in [0.05, 0.1) is 0 Å². The molecule has 3 N–H and O–H groups in total. The minimum Gasteiger partial charge on any atom is -0.454 e. The van der Waals surface area contributed by atoms with Crippen LogP contribution in [0, 0.1) is 9.49 Å². The fraction of sp³-hybridized carbons (Fsp3) is 0.368. The zero-order valence-corrected chi connectivity index (χ0v) is 19.5. The van der Waals surface area contributed by atoms with Gasteiger partial charge >= 0.3 is 0 Å². The highest BCUT2D eigenvalue weighted by Gasteiger charge is 2.20. The molecule has 0 saturated carbocycles. The van der Waals surface area contributed by atoms with Crippen LogP contribution in [0.25, 0.3) is 11.2 Å². The van der Waals surface area contributed by atoms with Crippen LogP contribution in [0.4, 0.5) is 5.82 Å². The van der Waals surface area contributed by atoms with Crippen LogP contribution in [0.2, 0.25) is 0 Å². The first-order chi connectivity index (χ1) is 14.4. The second kappa shape index (κ2) is 8.84. The lowest BCUT2D eigenvalue weighted by atomic mass is 10.2. The number of nitrogens with one attached hydrogen (secondary N) is 1. The van der Waals surface area contributed by atoms with Crippen LogP contribution in [-0.4, -0.2) is 38.8 Å². The van der Waals surface area contributed by atoms with E-state index in [4.69, 9.17) is 20.2 Å². The molecule has 0 spiro atoms. The molecule has 30 heavy (non-hydrogen) atoms. The first-order valence-corrected chi connectivity index (χ1v) is 11.3. The fourth-order valence-electron chi connectivity index (χ4n) is 2.94. The van der Waals surface area contributed by atoms with Gasteiger partial charge in [-0.2, -0.15) is 0 Å². The van der Waals surface area contributed by atoms with Gasteiger partial charge in [-0.15, -0.1) is 0 Å². The summed E-state index contributed by atoms with van der Waals surface area (Å²) in [5.74, 6) is 1.81. The van der Waals surface area contributed by atoms with Crippen LogP contribution in [0.15, 0.2) is 28.5 Å². The van der Waals surface area contributed by atoms with E-state index in [1.807, 2.05) is 30.5 Å². The largest absolute Gasteiger partial charge is 0.454 e. The number of aryl methyl sites for hydroxylation is 1. The second-order valence-electron chi connectivity index (χ2n) is 7.01. The molecule has 3 aromatic rings. The van der Waals surface area contributed by atoms with Gasteiger partial charge in [-0.1, -0.05) is 25.6 Å². The molecular weight excluding hydrogens is 519 g/mol. The molecule has 11 heteroatoms. The molecular formula is C19H21IN6O3S. The minimum atomic E-state index is -0.0363. The molecule has 2 aromatic heterocycles. The van der Waals surface area contributed by atoms with Gasteiger partial charge in [0.2, 0.25) is 12.7 Å². The highest BCUT2D eigenvalue weighted by Crippen LogP contribution is 2.41. The van der Waals surface area contributed by atoms with E-state index >= 15 is 0 Å². The van der Waals surface area contributed by atoms with Gasteiger partial charge in [-0.25, -0.2) is 15.0 Å². The Morgan fingerprint density at radius 1 is 1.33 bits per heavy atom. The topological polar surface area (TPSA) is 117 Å². The Kier molecular flexibility index (Phi) is 6.18. The van der Waals surface area contributed by atoms with Crippen LogP contribution in [0.3, 0.4) is 0 Å². The van der Waals surface area contributed by atoms with Gasteiger partial charge in [0, 0.05) is 27.5 Å². The number of hydrogen-bond donors (Lipinski definition) is 2. The number of benzene rings is 1. The zero-order chi connectivity index (χ0) is 21.3. The maximum atomic E-state index is 11.8. The third-order valence-corrected chi connectivity index (χ3v) is 6.85. The van der Waals surface area contributed by atoms with Crippen molar-refractivity contribution in [2.45, 2.75) is 36.9 Å². The lowest BCUT2D eigenvalue weighted by molar-refractivity contribution is -0.123. The van der Waals surface area contributed by atoms with E-state index in [1.54, 1.807) is 0 Å². The third-order valence-electron chi connectivity index (χ3n) is 4.54. The van der Waals surface area contributed by atoms with Crippen LogP contribution in [0.5, 0.6) is 11.5 Å².